The highest BCUT2D eigenvalue weighted by Crippen LogP contribution is 2.19. The second-order valence-electron chi connectivity index (χ2n) is 2.36. The molecule has 0 aliphatic rings. The van der Waals surface area contributed by atoms with Gasteiger partial charge >= 0.3 is 6.18 Å². The first-order chi connectivity index (χ1) is 4.95. The summed E-state index contributed by atoms with van der Waals surface area (Å²) in [5.41, 5.74) is 0. The summed E-state index contributed by atoms with van der Waals surface area (Å²) in [5, 5.41) is 0.710. The molecule has 0 unspecified atom stereocenters. The molecule has 0 spiro atoms. The fraction of sp³-hybridized carbons (Fsp3) is 1.00. The van der Waals surface area contributed by atoms with Crippen molar-refractivity contribution in [2.24, 2.45) is 0 Å². The van der Waals surface area contributed by atoms with Gasteiger partial charge in [0.1, 0.15) is 0 Å². The summed E-state index contributed by atoms with van der Waals surface area (Å²) < 4.78 is 34.9. The Morgan fingerprint density at radius 2 is 1.82 bits per heavy atom. The normalized spacial score (nSPS) is 12.5. The van der Waals surface area contributed by atoms with Crippen molar-refractivity contribution in [3.63, 3.8) is 0 Å². The van der Waals surface area contributed by atoms with Gasteiger partial charge < -0.3 is 4.90 Å². The molecule has 0 saturated carbocycles. The van der Waals surface area contributed by atoms with Gasteiger partial charge in [-0.2, -0.15) is 13.2 Å². The van der Waals surface area contributed by atoms with Crippen molar-refractivity contribution in [1.29, 1.82) is 0 Å². The van der Waals surface area contributed by atoms with Crippen LogP contribution in [0.5, 0.6) is 0 Å². The highest BCUT2D eigenvalue weighted by molar-refractivity contribution is 9.09. The Morgan fingerprint density at radius 3 is 2.18 bits per heavy atom. The van der Waals surface area contributed by atoms with Gasteiger partial charge in [0.25, 0.3) is 0 Å². The third kappa shape index (κ3) is 8.13. The number of hydrogen-bond acceptors (Lipinski definition) is 1. The van der Waals surface area contributed by atoms with Crippen LogP contribution in [0.3, 0.4) is 0 Å². The van der Waals surface area contributed by atoms with Crippen LogP contribution in [-0.2, 0) is 0 Å². The van der Waals surface area contributed by atoms with E-state index in [-0.39, 0.29) is 6.54 Å². The molecule has 1 nitrogen and oxygen atoms in total. The summed E-state index contributed by atoms with van der Waals surface area (Å²) in [7, 11) is 1.67. The van der Waals surface area contributed by atoms with Crippen LogP contribution in [0.4, 0.5) is 13.2 Å². The number of rotatable bonds is 4. The molecule has 0 N–H and O–H groups in total. The Hall–Kier alpha value is 0.230. The van der Waals surface area contributed by atoms with Crippen molar-refractivity contribution in [2.45, 2.75) is 12.6 Å². The predicted molar refractivity (Wildman–Crippen MR) is 42.0 cm³/mol. The molecule has 0 aliphatic carbocycles. The molecule has 11 heavy (non-hydrogen) atoms. The number of nitrogens with zero attached hydrogens (tertiary/aromatic N) is 1. The van der Waals surface area contributed by atoms with E-state index in [0.717, 1.165) is 0 Å². The minimum atomic E-state index is -4.03. The summed E-state index contributed by atoms with van der Waals surface area (Å²) >= 11 is 3.15. The Morgan fingerprint density at radius 1 is 1.27 bits per heavy atom. The fourth-order valence-electron chi connectivity index (χ4n) is 0.574. The van der Waals surface area contributed by atoms with Crippen LogP contribution in [0.15, 0.2) is 0 Å². The summed E-state index contributed by atoms with van der Waals surface area (Å²) in [6, 6.07) is 0. The molecule has 0 atom stereocenters. The van der Waals surface area contributed by atoms with Crippen molar-refractivity contribution in [2.75, 3.05) is 25.5 Å². The van der Waals surface area contributed by atoms with E-state index in [9.17, 15) is 13.2 Å². The lowest BCUT2D eigenvalue weighted by molar-refractivity contribution is -0.137. The third-order valence-corrected chi connectivity index (χ3v) is 1.60. The van der Waals surface area contributed by atoms with E-state index in [1.807, 2.05) is 0 Å². The average molecular weight is 234 g/mol. The van der Waals surface area contributed by atoms with E-state index in [4.69, 9.17) is 0 Å². The van der Waals surface area contributed by atoms with Crippen LogP contribution in [0.2, 0.25) is 0 Å². The molecule has 0 saturated heterocycles. The van der Waals surface area contributed by atoms with E-state index in [2.05, 4.69) is 15.9 Å². The maximum absolute atomic E-state index is 11.6. The van der Waals surface area contributed by atoms with Crippen LogP contribution < -0.4 is 0 Å². The van der Waals surface area contributed by atoms with Gasteiger partial charge in [0, 0.05) is 18.4 Å². The predicted octanol–water partition coefficient (Wildman–Crippen LogP) is 2.27. The highest BCUT2D eigenvalue weighted by atomic mass is 79.9. The van der Waals surface area contributed by atoms with Crippen molar-refractivity contribution >= 4 is 15.9 Å². The topological polar surface area (TPSA) is 3.24 Å². The first kappa shape index (κ1) is 11.2. The Bertz CT molecular complexity index is 104. The monoisotopic (exact) mass is 233 g/mol. The quantitative estimate of drug-likeness (QED) is 0.674. The molecule has 0 heterocycles. The molecule has 0 aliphatic heterocycles. The molecule has 0 amide bonds. The summed E-state index contributed by atoms with van der Waals surface area (Å²) in [4.78, 5) is 1.64. The summed E-state index contributed by atoms with van der Waals surface area (Å²) in [6.07, 6.45) is -4.75. The van der Waals surface area contributed by atoms with E-state index in [1.165, 1.54) is 0 Å². The van der Waals surface area contributed by atoms with Crippen molar-refractivity contribution in [3.8, 4) is 0 Å². The third-order valence-electron chi connectivity index (χ3n) is 1.24. The smallest absolute Gasteiger partial charge is 0.305 e. The first-order valence-corrected chi connectivity index (χ1v) is 4.39. The van der Waals surface area contributed by atoms with E-state index in [1.54, 1.807) is 11.9 Å². The van der Waals surface area contributed by atoms with E-state index in [0.29, 0.717) is 11.9 Å². The standard InChI is InChI=1S/C6H11BrF3N/c1-11(5-3-7)4-2-6(8,9)10/h2-5H2,1H3. The maximum Gasteiger partial charge on any atom is 0.390 e. The highest BCUT2D eigenvalue weighted by Gasteiger charge is 2.26. The van der Waals surface area contributed by atoms with Crippen LogP contribution in [0.1, 0.15) is 6.42 Å². The Balaban J connectivity index is 3.38. The summed E-state index contributed by atoms with van der Waals surface area (Å²) in [6.45, 7) is 0.727. The minimum Gasteiger partial charge on any atom is -0.305 e. The van der Waals surface area contributed by atoms with Gasteiger partial charge in [0.15, 0.2) is 0 Å². The molecule has 0 radical (unpaired) electrons. The molecule has 68 valence electrons. The van der Waals surface area contributed by atoms with Gasteiger partial charge in [-0.1, -0.05) is 15.9 Å². The minimum absolute atomic E-state index is 0.0785. The van der Waals surface area contributed by atoms with Crippen LogP contribution >= 0.6 is 15.9 Å². The molecule has 0 aromatic rings. The lowest BCUT2D eigenvalue weighted by Gasteiger charge is -2.15. The van der Waals surface area contributed by atoms with Crippen LogP contribution in [0, 0.1) is 0 Å². The van der Waals surface area contributed by atoms with Crippen molar-refractivity contribution < 1.29 is 13.2 Å². The van der Waals surface area contributed by atoms with Crippen LogP contribution in [0.25, 0.3) is 0 Å². The Kier molecular flexibility index (Phi) is 5.08. The molecule has 0 aromatic heterocycles. The number of hydrogen-bond donors (Lipinski definition) is 0. The van der Waals surface area contributed by atoms with Crippen molar-refractivity contribution in [3.05, 3.63) is 0 Å². The number of halogens is 4. The molecule has 5 heteroatoms. The molecular weight excluding hydrogens is 223 g/mol. The van der Waals surface area contributed by atoms with Gasteiger partial charge in [-0.3, -0.25) is 0 Å². The first-order valence-electron chi connectivity index (χ1n) is 3.27. The lowest BCUT2D eigenvalue weighted by atomic mass is 10.4. The zero-order valence-corrected chi connectivity index (χ0v) is 7.87. The van der Waals surface area contributed by atoms with Gasteiger partial charge in [-0.05, 0) is 7.05 Å². The van der Waals surface area contributed by atoms with Gasteiger partial charge in [-0.15, -0.1) is 0 Å². The largest absolute Gasteiger partial charge is 0.390 e. The average Bonchev–Trinajstić information content (AvgIpc) is 1.83. The van der Waals surface area contributed by atoms with Gasteiger partial charge in [-0.25, -0.2) is 0 Å². The fourth-order valence-corrected chi connectivity index (χ4v) is 1.18. The molecular formula is C6H11BrF3N. The zero-order chi connectivity index (χ0) is 8.91. The second kappa shape index (κ2) is 4.98. The second-order valence-corrected chi connectivity index (χ2v) is 3.15. The molecule has 0 fully saturated rings. The molecule has 0 aromatic carbocycles. The van der Waals surface area contributed by atoms with Crippen LogP contribution in [-0.4, -0.2) is 36.5 Å². The SMILES string of the molecule is CN(CCBr)CCC(F)(F)F. The van der Waals surface area contributed by atoms with E-state index >= 15 is 0 Å². The van der Waals surface area contributed by atoms with Gasteiger partial charge in [0.05, 0.1) is 6.42 Å². The Labute approximate surface area is 72.7 Å². The molecule has 0 rings (SSSR count). The lowest BCUT2D eigenvalue weighted by Crippen LogP contribution is -2.25. The van der Waals surface area contributed by atoms with Gasteiger partial charge in [0.2, 0.25) is 0 Å². The summed E-state index contributed by atoms with van der Waals surface area (Å²) in [5.74, 6) is 0. The number of alkyl halides is 4. The van der Waals surface area contributed by atoms with E-state index < -0.39 is 12.6 Å². The zero-order valence-electron chi connectivity index (χ0n) is 6.29. The maximum atomic E-state index is 11.6. The van der Waals surface area contributed by atoms with Crippen molar-refractivity contribution in [1.82, 2.24) is 4.90 Å². The molecule has 0 bridgehead atoms.